The van der Waals surface area contributed by atoms with E-state index in [0.29, 0.717) is 41.3 Å². The smallest absolute Gasteiger partial charge is 0.411 e. The van der Waals surface area contributed by atoms with E-state index in [-0.39, 0.29) is 35.2 Å². The molecule has 1 saturated carbocycles. The average molecular weight is 524 g/mol. The van der Waals surface area contributed by atoms with Gasteiger partial charge < -0.3 is 20.4 Å². The summed E-state index contributed by atoms with van der Waals surface area (Å²) < 4.78 is 4.66. The standard InChI is InChI=1S/C27H30ClN5O4/c1-3-16-9-11-17(12-10-16)26(35)31-20-7-5-4-6-8-22(34)30-21-15-18(29-27(36)37-2)13-14-19(21)23-24(28)33-25(20)32-23/h1,4-5,13-17,20H,6-12H2,2H3,(H,29,36)(H,30,34)(H,31,35)(H,32,33). The van der Waals surface area contributed by atoms with Crippen LogP contribution in [-0.2, 0) is 14.3 Å². The number of benzene rings is 1. The second kappa shape index (κ2) is 12.0. The quantitative estimate of drug-likeness (QED) is 0.325. The molecule has 0 spiro atoms. The number of amides is 3. The molecule has 37 heavy (non-hydrogen) atoms. The van der Waals surface area contributed by atoms with Crippen LogP contribution < -0.4 is 16.0 Å². The van der Waals surface area contributed by atoms with Gasteiger partial charge in [0.1, 0.15) is 16.7 Å². The van der Waals surface area contributed by atoms with Crippen LogP contribution in [0.4, 0.5) is 16.2 Å². The van der Waals surface area contributed by atoms with E-state index in [0.717, 1.165) is 25.7 Å². The van der Waals surface area contributed by atoms with Gasteiger partial charge in [0.2, 0.25) is 11.8 Å². The Kier molecular flexibility index (Phi) is 8.51. The molecule has 1 aromatic carbocycles. The summed E-state index contributed by atoms with van der Waals surface area (Å²) in [5.41, 5.74) is 1.87. The van der Waals surface area contributed by atoms with Gasteiger partial charge in [0.15, 0.2) is 0 Å². The van der Waals surface area contributed by atoms with Gasteiger partial charge >= 0.3 is 6.09 Å². The van der Waals surface area contributed by atoms with Crippen molar-refractivity contribution in [1.29, 1.82) is 0 Å². The minimum absolute atomic E-state index is 0.0250. The minimum atomic E-state index is -0.632. The minimum Gasteiger partial charge on any atom is -0.453 e. The summed E-state index contributed by atoms with van der Waals surface area (Å²) in [7, 11) is 1.27. The van der Waals surface area contributed by atoms with E-state index in [4.69, 9.17) is 23.0 Å². The first-order valence-corrected chi connectivity index (χ1v) is 12.7. The third-order valence-electron chi connectivity index (χ3n) is 6.72. The predicted octanol–water partition coefficient (Wildman–Crippen LogP) is 5.18. The number of fused-ring (bicyclic) bond motifs is 4. The number of H-pyrrole nitrogens is 1. The lowest BCUT2D eigenvalue weighted by Crippen LogP contribution is -2.36. The number of aromatic nitrogens is 2. The third kappa shape index (κ3) is 6.52. The van der Waals surface area contributed by atoms with E-state index in [1.165, 1.54) is 7.11 Å². The molecule has 1 aliphatic heterocycles. The lowest BCUT2D eigenvalue weighted by Gasteiger charge is -2.26. The van der Waals surface area contributed by atoms with Crippen molar-refractivity contribution < 1.29 is 19.1 Å². The van der Waals surface area contributed by atoms with Gasteiger partial charge in [-0.3, -0.25) is 14.9 Å². The SMILES string of the molecule is C#CC1CCC(C(=O)NC2CC=CCCC(=O)Nc3cc(NC(=O)OC)ccc3-c3nc2[nH]c3Cl)CC1. The summed E-state index contributed by atoms with van der Waals surface area (Å²) in [4.78, 5) is 45.3. The molecule has 194 valence electrons. The fraction of sp³-hybridized carbons (Fsp3) is 0.407. The Hall–Kier alpha value is -3.77. The number of hydrogen-bond acceptors (Lipinski definition) is 5. The maximum absolute atomic E-state index is 13.1. The monoisotopic (exact) mass is 523 g/mol. The van der Waals surface area contributed by atoms with Gasteiger partial charge in [0.05, 0.1) is 18.8 Å². The van der Waals surface area contributed by atoms with Gasteiger partial charge in [0, 0.05) is 29.5 Å². The van der Waals surface area contributed by atoms with E-state index in [1.54, 1.807) is 18.2 Å². The number of nitrogens with zero attached hydrogens (tertiary/aromatic N) is 1. The molecule has 4 rings (SSSR count). The number of methoxy groups -OCH3 is 1. The van der Waals surface area contributed by atoms with Crippen LogP contribution in [0.5, 0.6) is 0 Å². The van der Waals surface area contributed by atoms with E-state index in [1.807, 2.05) is 12.2 Å². The number of imidazole rings is 1. The molecular formula is C27H30ClN5O4. The van der Waals surface area contributed by atoms with Gasteiger partial charge in [-0.25, -0.2) is 9.78 Å². The lowest BCUT2D eigenvalue weighted by molar-refractivity contribution is -0.127. The normalized spacial score (nSPS) is 21.6. The Bertz CT molecular complexity index is 1240. The first-order chi connectivity index (χ1) is 17.9. The van der Waals surface area contributed by atoms with Crippen LogP contribution in [0, 0.1) is 24.2 Å². The number of aromatic amines is 1. The number of anilines is 2. The summed E-state index contributed by atoms with van der Waals surface area (Å²) in [6.07, 6.45) is 13.3. The predicted molar refractivity (Wildman–Crippen MR) is 142 cm³/mol. The molecule has 1 aromatic heterocycles. The van der Waals surface area contributed by atoms with Crippen molar-refractivity contribution in [2.45, 2.75) is 51.0 Å². The average Bonchev–Trinajstić information content (AvgIpc) is 3.28. The van der Waals surface area contributed by atoms with E-state index >= 15 is 0 Å². The number of hydrogen-bond donors (Lipinski definition) is 4. The first kappa shape index (κ1) is 26.3. The van der Waals surface area contributed by atoms with Crippen LogP contribution in [0.3, 0.4) is 0 Å². The first-order valence-electron chi connectivity index (χ1n) is 12.3. The molecule has 0 saturated heterocycles. The van der Waals surface area contributed by atoms with Gasteiger partial charge in [-0.1, -0.05) is 23.8 Å². The molecule has 2 bridgehead atoms. The van der Waals surface area contributed by atoms with Crippen molar-refractivity contribution in [2.24, 2.45) is 11.8 Å². The lowest BCUT2D eigenvalue weighted by atomic mass is 9.82. The Morgan fingerprint density at radius 3 is 2.73 bits per heavy atom. The van der Waals surface area contributed by atoms with Crippen molar-refractivity contribution in [3.05, 3.63) is 41.3 Å². The highest BCUT2D eigenvalue weighted by Crippen LogP contribution is 2.36. The maximum atomic E-state index is 13.1. The zero-order valence-electron chi connectivity index (χ0n) is 20.6. The molecule has 4 N–H and O–H groups in total. The zero-order chi connectivity index (χ0) is 26.4. The third-order valence-corrected chi connectivity index (χ3v) is 6.99. The molecule has 3 amide bonds. The van der Waals surface area contributed by atoms with Crippen molar-refractivity contribution in [3.63, 3.8) is 0 Å². The molecule has 9 nitrogen and oxygen atoms in total. The van der Waals surface area contributed by atoms with Crippen molar-refractivity contribution >= 4 is 40.9 Å². The highest BCUT2D eigenvalue weighted by atomic mass is 35.5. The number of ether oxygens (including phenoxy) is 1. The van der Waals surface area contributed by atoms with Gasteiger partial charge in [-0.2, -0.15) is 0 Å². The molecule has 1 fully saturated rings. The number of nitrogens with one attached hydrogen (secondary N) is 4. The fourth-order valence-electron chi connectivity index (χ4n) is 4.64. The van der Waals surface area contributed by atoms with Crippen LogP contribution in [-0.4, -0.2) is 35.0 Å². The largest absolute Gasteiger partial charge is 0.453 e. The number of rotatable bonds is 3. The van der Waals surface area contributed by atoms with Crippen LogP contribution >= 0.6 is 11.6 Å². The molecule has 10 heteroatoms. The molecule has 2 aliphatic rings. The summed E-state index contributed by atoms with van der Waals surface area (Å²) >= 11 is 6.57. The molecule has 1 atom stereocenters. The summed E-state index contributed by atoms with van der Waals surface area (Å²) in [5.74, 6) is 3.24. The zero-order valence-corrected chi connectivity index (χ0v) is 21.4. The fourth-order valence-corrected chi connectivity index (χ4v) is 4.88. The number of carbonyl (C=O) groups excluding carboxylic acids is 3. The molecule has 1 aliphatic carbocycles. The molecule has 2 heterocycles. The Morgan fingerprint density at radius 1 is 1.22 bits per heavy atom. The second-order valence-electron chi connectivity index (χ2n) is 9.23. The van der Waals surface area contributed by atoms with Gasteiger partial charge in [-0.05, 0) is 56.7 Å². The second-order valence-corrected chi connectivity index (χ2v) is 9.61. The molecule has 0 radical (unpaired) electrons. The Morgan fingerprint density at radius 2 is 2.00 bits per heavy atom. The van der Waals surface area contributed by atoms with Crippen LogP contribution in [0.2, 0.25) is 5.15 Å². The highest BCUT2D eigenvalue weighted by Gasteiger charge is 2.28. The molecule has 2 aromatic rings. The summed E-state index contributed by atoms with van der Waals surface area (Å²) in [6, 6.07) is 4.57. The van der Waals surface area contributed by atoms with E-state index in [2.05, 4.69) is 31.6 Å². The van der Waals surface area contributed by atoms with Crippen LogP contribution in [0.25, 0.3) is 11.3 Å². The molecule has 1 unspecified atom stereocenters. The van der Waals surface area contributed by atoms with E-state index in [9.17, 15) is 14.4 Å². The highest BCUT2D eigenvalue weighted by molar-refractivity contribution is 6.32. The van der Waals surface area contributed by atoms with Crippen LogP contribution in [0.1, 0.15) is 56.8 Å². The number of allylic oxidation sites excluding steroid dienone is 1. The van der Waals surface area contributed by atoms with Crippen molar-refractivity contribution in [3.8, 4) is 23.6 Å². The molecular weight excluding hydrogens is 494 g/mol. The van der Waals surface area contributed by atoms with Gasteiger partial charge in [-0.15, -0.1) is 12.3 Å². The Labute approximate surface area is 220 Å². The number of carbonyl (C=O) groups is 3. The van der Waals surface area contributed by atoms with Gasteiger partial charge in [0.25, 0.3) is 0 Å². The van der Waals surface area contributed by atoms with E-state index < -0.39 is 12.1 Å². The number of terminal acetylenes is 1. The maximum Gasteiger partial charge on any atom is 0.411 e. The Balaban J connectivity index is 1.64. The number of halogens is 1. The van der Waals surface area contributed by atoms with Crippen molar-refractivity contribution in [1.82, 2.24) is 15.3 Å². The summed E-state index contributed by atoms with van der Waals surface area (Å²) in [6.45, 7) is 0. The summed E-state index contributed by atoms with van der Waals surface area (Å²) in [5, 5.41) is 8.90. The van der Waals surface area contributed by atoms with Crippen LogP contribution in [0.15, 0.2) is 30.4 Å². The topological polar surface area (TPSA) is 125 Å². The van der Waals surface area contributed by atoms with Crippen molar-refractivity contribution in [2.75, 3.05) is 17.7 Å².